The number of alkyl halides is 3. The van der Waals surface area contributed by atoms with E-state index in [1.165, 1.54) is 0 Å². The van der Waals surface area contributed by atoms with Crippen molar-refractivity contribution in [2.45, 2.75) is 25.4 Å². The highest BCUT2D eigenvalue weighted by atomic mass is 19.4. The van der Waals surface area contributed by atoms with Crippen molar-refractivity contribution < 1.29 is 18.0 Å². The molecular weight excluding hydrogens is 255 g/mol. The first-order valence-corrected chi connectivity index (χ1v) is 6.30. The average Bonchev–Trinajstić information content (AvgIpc) is 2.87. The van der Waals surface area contributed by atoms with E-state index in [1.807, 2.05) is 30.3 Å². The van der Waals surface area contributed by atoms with Gasteiger partial charge in [-0.1, -0.05) is 30.3 Å². The summed E-state index contributed by atoms with van der Waals surface area (Å²) in [5.41, 5.74) is -1.29. The van der Waals surface area contributed by atoms with Gasteiger partial charge in [0, 0.05) is 13.0 Å². The summed E-state index contributed by atoms with van der Waals surface area (Å²) in [5, 5.41) is 2.66. The monoisotopic (exact) mass is 271 g/mol. The first kappa shape index (κ1) is 14.1. The molecule has 1 N–H and O–H groups in total. The zero-order valence-electron chi connectivity index (χ0n) is 10.5. The molecule has 1 atom stereocenters. The minimum absolute atomic E-state index is 0.0643. The third kappa shape index (κ3) is 2.81. The van der Waals surface area contributed by atoms with Crippen LogP contribution in [0.25, 0.3) is 0 Å². The fraction of sp³-hybridized carbons (Fsp3) is 0.500. The highest BCUT2D eigenvalue weighted by Gasteiger charge is 2.60. The summed E-state index contributed by atoms with van der Waals surface area (Å²) in [5.74, 6) is -0.700. The minimum atomic E-state index is -4.47. The van der Waals surface area contributed by atoms with Crippen LogP contribution in [0, 0.1) is 5.41 Å². The molecule has 1 aromatic carbocycles. The van der Waals surface area contributed by atoms with Gasteiger partial charge in [-0.25, -0.2) is 0 Å². The number of carbonyl (C=O) groups excluding carboxylic acids is 1. The summed E-state index contributed by atoms with van der Waals surface area (Å²) in [6.45, 7) is -0.0410. The van der Waals surface area contributed by atoms with Crippen LogP contribution in [0.15, 0.2) is 30.3 Å². The van der Waals surface area contributed by atoms with Gasteiger partial charge in [-0.05, 0) is 24.9 Å². The quantitative estimate of drug-likeness (QED) is 0.912. The SMILES string of the molecule is O=C(CCc1ccccc1)C1(C(F)(F)F)CCNC1. The number of Topliss-reactive ketones (excluding diaryl/α,β-unsaturated/α-hetero) is 1. The molecule has 1 unspecified atom stereocenters. The lowest BCUT2D eigenvalue weighted by molar-refractivity contribution is -0.214. The van der Waals surface area contributed by atoms with E-state index in [2.05, 4.69) is 5.32 Å². The Labute approximate surface area is 110 Å². The molecule has 1 aromatic rings. The molecule has 1 aliphatic rings. The molecule has 0 aromatic heterocycles. The van der Waals surface area contributed by atoms with Gasteiger partial charge >= 0.3 is 6.18 Å². The lowest BCUT2D eigenvalue weighted by atomic mass is 9.79. The fourth-order valence-electron chi connectivity index (χ4n) is 2.47. The Kier molecular flexibility index (Phi) is 3.94. The average molecular weight is 271 g/mol. The van der Waals surface area contributed by atoms with Gasteiger partial charge in [-0.3, -0.25) is 4.79 Å². The van der Waals surface area contributed by atoms with Gasteiger partial charge in [-0.2, -0.15) is 13.2 Å². The van der Waals surface area contributed by atoms with E-state index in [0.717, 1.165) is 5.56 Å². The molecule has 1 fully saturated rings. The van der Waals surface area contributed by atoms with Crippen LogP contribution in [0.4, 0.5) is 13.2 Å². The number of halogens is 3. The van der Waals surface area contributed by atoms with Crippen LogP contribution < -0.4 is 5.32 Å². The summed E-state index contributed by atoms with van der Waals surface area (Å²) in [7, 11) is 0. The van der Waals surface area contributed by atoms with Crippen LogP contribution in [-0.2, 0) is 11.2 Å². The second kappa shape index (κ2) is 5.33. The third-order valence-corrected chi connectivity index (χ3v) is 3.72. The molecule has 0 radical (unpaired) electrons. The van der Waals surface area contributed by atoms with E-state index < -0.39 is 17.4 Å². The predicted molar refractivity (Wildman–Crippen MR) is 65.7 cm³/mol. The molecule has 19 heavy (non-hydrogen) atoms. The molecular formula is C14H16F3NO. The van der Waals surface area contributed by atoms with E-state index in [-0.39, 0.29) is 25.9 Å². The maximum Gasteiger partial charge on any atom is 0.402 e. The van der Waals surface area contributed by atoms with Crippen LogP contribution in [0.2, 0.25) is 0 Å². The fourth-order valence-corrected chi connectivity index (χ4v) is 2.47. The molecule has 0 aliphatic carbocycles. The van der Waals surface area contributed by atoms with Crippen LogP contribution in [0.1, 0.15) is 18.4 Å². The number of ketones is 1. The molecule has 2 rings (SSSR count). The van der Waals surface area contributed by atoms with Crippen molar-refractivity contribution in [1.82, 2.24) is 5.32 Å². The Balaban J connectivity index is 2.05. The highest BCUT2D eigenvalue weighted by Crippen LogP contribution is 2.44. The summed E-state index contributed by atoms with van der Waals surface area (Å²) >= 11 is 0. The van der Waals surface area contributed by atoms with Crippen LogP contribution in [-0.4, -0.2) is 25.0 Å². The summed E-state index contributed by atoms with van der Waals surface area (Å²) in [6, 6.07) is 9.11. The first-order valence-electron chi connectivity index (χ1n) is 6.30. The van der Waals surface area contributed by atoms with Crippen molar-refractivity contribution in [1.29, 1.82) is 0 Å². The lowest BCUT2D eigenvalue weighted by Gasteiger charge is -2.29. The normalized spacial score (nSPS) is 23.5. The van der Waals surface area contributed by atoms with Gasteiger partial charge in [0.05, 0.1) is 0 Å². The molecule has 2 nitrogen and oxygen atoms in total. The number of hydrogen-bond acceptors (Lipinski definition) is 2. The molecule has 0 spiro atoms. The lowest BCUT2D eigenvalue weighted by Crippen LogP contribution is -2.46. The molecule has 1 aliphatic heterocycles. The minimum Gasteiger partial charge on any atom is -0.315 e. The topological polar surface area (TPSA) is 29.1 Å². The van der Waals surface area contributed by atoms with Crippen molar-refractivity contribution in [2.75, 3.05) is 13.1 Å². The van der Waals surface area contributed by atoms with E-state index in [4.69, 9.17) is 0 Å². The molecule has 104 valence electrons. The standard InChI is InChI=1S/C14H16F3NO/c15-14(16,17)13(8-9-18-10-13)12(19)7-6-11-4-2-1-3-5-11/h1-5,18H,6-10H2. The highest BCUT2D eigenvalue weighted by molar-refractivity contribution is 5.86. The van der Waals surface area contributed by atoms with Gasteiger partial charge < -0.3 is 5.32 Å². The Morgan fingerprint density at radius 1 is 1.26 bits per heavy atom. The van der Waals surface area contributed by atoms with E-state index in [9.17, 15) is 18.0 Å². The molecule has 0 saturated carbocycles. The zero-order valence-corrected chi connectivity index (χ0v) is 10.5. The number of benzene rings is 1. The predicted octanol–water partition coefficient (Wildman–Crippen LogP) is 2.73. The second-order valence-electron chi connectivity index (χ2n) is 4.92. The number of rotatable bonds is 4. The van der Waals surface area contributed by atoms with Crippen LogP contribution in [0.5, 0.6) is 0 Å². The number of carbonyl (C=O) groups is 1. The summed E-state index contributed by atoms with van der Waals surface area (Å²) in [6.07, 6.45) is -4.32. The largest absolute Gasteiger partial charge is 0.402 e. The van der Waals surface area contributed by atoms with Crippen molar-refractivity contribution in [3.05, 3.63) is 35.9 Å². The van der Waals surface area contributed by atoms with Crippen molar-refractivity contribution in [2.24, 2.45) is 5.41 Å². The van der Waals surface area contributed by atoms with Crippen molar-refractivity contribution >= 4 is 5.78 Å². The molecule has 0 bridgehead atoms. The second-order valence-corrected chi connectivity index (χ2v) is 4.92. The first-order chi connectivity index (χ1) is 8.96. The maximum absolute atomic E-state index is 13.1. The number of hydrogen-bond donors (Lipinski definition) is 1. The third-order valence-electron chi connectivity index (χ3n) is 3.72. The molecule has 0 amide bonds. The zero-order chi connectivity index (χ0) is 13.9. The molecule has 1 saturated heterocycles. The Morgan fingerprint density at radius 3 is 2.47 bits per heavy atom. The van der Waals surface area contributed by atoms with E-state index in [1.54, 1.807) is 0 Å². The smallest absolute Gasteiger partial charge is 0.315 e. The van der Waals surface area contributed by atoms with Gasteiger partial charge in [0.25, 0.3) is 0 Å². The van der Waals surface area contributed by atoms with Gasteiger partial charge in [0.1, 0.15) is 11.2 Å². The van der Waals surface area contributed by atoms with Gasteiger partial charge in [-0.15, -0.1) is 0 Å². The van der Waals surface area contributed by atoms with Crippen LogP contribution in [0.3, 0.4) is 0 Å². The summed E-state index contributed by atoms with van der Waals surface area (Å²) < 4.78 is 39.4. The maximum atomic E-state index is 13.1. The number of aryl methyl sites for hydroxylation is 1. The number of nitrogens with one attached hydrogen (secondary N) is 1. The Hall–Kier alpha value is -1.36. The van der Waals surface area contributed by atoms with E-state index in [0.29, 0.717) is 6.42 Å². The molecule has 1 heterocycles. The van der Waals surface area contributed by atoms with Crippen molar-refractivity contribution in [3.63, 3.8) is 0 Å². The molecule has 5 heteroatoms. The Bertz CT molecular complexity index is 436. The Morgan fingerprint density at radius 2 is 1.95 bits per heavy atom. The summed E-state index contributed by atoms with van der Waals surface area (Å²) in [4.78, 5) is 12.0. The van der Waals surface area contributed by atoms with Gasteiger partial charge in [0.2, 0.25) is 0 Å². The van der Waals surface area contributed by atoms with Crippen molar-refractivity contribution in [3.8, 4) is 0 Å². The van der Waals surface area contributed by atoms with Gasteiger partial charge in [0.15, 0.2) is 0 Å². The van der Waals surface area contributed by atoms with Crippen LogP contribution >= 0.6 is 0 Å². The van der Waals surface area contributed by atoms with E-state index >= 15 is 0 Å².